The van der Waals surface area contributed by atoms with Crippen LogP contribution in [0.4, 0.5) is 5.69 Å². The lowest BCUT2D eigenvalue weighted by Crippen LogP contribution is -2.52. The minimum atomic E-state index is -4.34. The highest BCUT2D eigenvalue weighted by molar-refractivity contribution is 7.92. The third-order valence-corrected chi connectivity index (χ3v) is 10.4. The predicted molar refractivity (Wildman–Crippen MR) is 179 cm³/mol. The van der Waals surface area contributed by atoms with E-state index >= 15 is 0 Å². The highest BCUT2D eigenvalue weighted by Gasteiger charge is 2.34. The topological polar surface area (TPSA) is 114 Å². The summed E-state index contributed by atoms with van der Waals surface area (Å²) in [6, 6.07) is 14.6. The SMILES string of the molecule is CCOc1ccc(N(CC(=O)N(Cc2ccc(Cl)c(Cl)c2)[C@@H](C)C(=O)NC2CCCC2)S(=O)(=O)c2ccc(OC)c(OC)c2)cc1. The number of nitrogens with one attached hydrogen (secondary N) is 1. The maximum atomic E-state index is 14.3. The van der Waals surface area contributed by atoms with Crippen LogP contribution in [0.5, 0.6) is 17.2 Å². The van der Waals surface area contributed by atoms with Gasteiger partial charge in [0.15, 0.2) is 11.5 Å². The summed E-state index contributed by atoms with van der Waals surface area (Å²) in [5.74, 6) is 0.174. The fourth-order valence-electron chi connectivity index (χ4n) is 5.32. The normalized spacial score (nSPS) is 14.0. The van der Waals surface area contributed by atoms with Gasteiger partial charge in [0.25, 0.3) is 10.0 Å². The number of amides is 2. The van der Waals surface area contributed by atoms with Crippen LogP contribution in [0.3, 0.4) is 0 Å². The van der Waals surface area contributed by atoms with Gasteiger partial charge >= 0.3 is 0 Å². The molecule has 3 aromatic carbocycles. The number of methoxy groups -OCH3 is 2. The third kappa shape index (κ3) is 8.37. The van der Waals surface area contributed by atoms with Gasteiger partial charge in [0, 0.05) is 18.7 Å². The zero-order chi connectivity index (χ0) is 33.4. The fraction of sp³-hybridized carbons (Fsp3) is 0.394. The molecule has 3 aromatic rings. The van der Waals surface area contributed by atoms with Crippen LogP contribution in [-0.4, -0.2) is 64.6 Å². The zero-order valence-corrected chi connectivity index (χ0v) is 28.6. The molecule has 2 amide bonds. The van der Waals surface area contributed by atoms with E-state index in [0.717, 1.165) is 30.0 Å². The fourth-order valence-corrected chi connectivity index (χ4v) is 7.07. The van der Waals surface area contributed by atoms with Gasteiger partial charge in [-0.1, -0.05) is 42.1 Å². The molecule has 0 aromatic heterocycles. The molecule has 0 saturated heterocycles. The maximum absolute atomic E-state index is 14.3. The van der Waals surface area contributed by atoms with Crippen molar-refractivity contribution in [1.82, 2.24) is 10.2 Å². The van der Waals surface area contributed by atoms with Crippen molar-refractivity contribution in [2.75, 3.05) is 31.7 Å². The summed E-state index contributed by atoms with van der Waals surface area (Å²) in [6.45, 7) is 3.28. The number of sulfonamides is 1. The van der Waals surface area contributed by atoms with Crippen molar-refractivity contribution < 1.29 is 32.2 Å². The number of halogens is 2. The number of anilines is 1. The van der Waals surface area contributed by atoms with Crippen LogP contribution in [0, 0.1) is 0 Å². The zero-order valence-electron chi connectivity index (χ0n) is 26.3. The average Bonchev–Trinajstić information content (AvgIpc) is 3.56. The first-order chi connectivity index (χ1) is 22.0. The molecule has 0 heterocycles. The lowest BCUT2D eigenvalue weighted by molar-refractivity contribution is -0.139. The molecule has 1 atom stereocenters. The largest absolute Gasteiger partial charge is 0.494 e. The Balaban J connectivity index is 1.73. The molecule has 0 radical (unpaired) electrons. The van der Waals surface area contributed by atoms with E-state index in [4.69, 9.17) is 37.4 Å². The second-order valence-electron chi connectivity index (χ2n) is 10.9. The van der Waals surface area contributed by atoms with Crippen LogP contribution in [0.2, 0.25) is 10.0 Å². The molecule has 248 valence electrons. The van der Waals surface area contributed by atoms with Crippen LogP contribution >= 0.6 is 23.2 Å². The number of carbonyl (C=O) groups excluding carboxylic acids is 2. The molecule has 46 heavy (non-hydrogen) atoms. The number of carbonyl (C=O) groups is 2. The Morgan fingerprint density at radius 2 is 1.61 bits per heavy atom. The number of nitrogens with zero attached hydrogens (tertiary/aromatic N) is 2. The molecule has 0 spiro atoms. The van der Waals surface area contributed by atoms with E-state index in [-0.39, 0.29) is 34.8 Å². The Morgan fingerprint density at radius 3 is 2.22 bits per heavy atom. The van der Waals surface area contributed by atoms with E-state index in [9.17, 15) is 18.0 Å². The number of hydrogen-bond donors (Lipinski definition) is 1. The molecule has 10 nitrogen and oxygen atoms in total. The minimum absolute atomic E-state index is 0.0114. The summed E-state index contributed by atoms with van der Waals surface area (Å²) < 4.78 is 45.7. The van der Waals surface area contributed by atoms with Crippen molar-refractivity contribution in [3.8, 4) is 17.2 Å². The number of rotatable bonds is 14. The van der Waals surface area contributed by atoms with Gasteiger partial charge in [-0.2, -0.15) is 0 Å². The van der Waals surface area contributed by atoms with Gasteiger partial charge in [-0.15, -0.1) is 0 Å². The van der Waals surface area contributed by atoms with Crippen molar-refractivity contribution in [2.45, 2.75) is 63.1 Å². The van der Waals surface area contributed by atoms with Gasteiger partial charge in [0.05, 0.1) is 41.5 Å². The van der Waals surface area contributed by atoms with Crippen molar-refractivity contribution in [2.24, 2.45) is 0 Å². The molecule has 4 rings (SSSR count). The monoisotopic (exact) mass is 691 g/mol. The third-order valence-electron chi connectivity index (χ3n) is 7.86. The molecule has 0 bridgehead atoms. The van der Waals surface area contributed by atoms with E-state index in [2.05, 4.69) is 5.32 Å². The Hall–Kier alpha value is -3.67. The molecule has 0 aliphatic heterocycles. The molecule has 0 unspecified atom stereocenters. The first-order valence-electron chi connectivity index (χ1n) is 15.0. The summed E-state index contributed by atoms with van der Waals surface area (Å²) in [6.07, 6.45) is 3.79. The summed E-state index contributed by atoms with van der Waals surface area (Å²) in [7, 11) is -1.49. The van der Waals surface area contributed by atoms with E-state index < -0.39 is 28.5 Å². The van der Waals surface area contributed by atoms with Crippen LogP contribution in [0.1, 0.15) is 45.1 Å². The summed E-state index contributed by atoms with van der Waals surface area (Å²) >= 11 is 12.4. The van der Waals surface area contributed by atoms with Crippen molar-refractivity contribution >= 4 is 50.7 Å². The van der Waals surface area contributed by atoms with Crippen LogP contribution in [0.25, 0.3) is 0 Å². The van der Waals surface area contributed by atoms with Crippen molar-refractivity contribution in [3.05, 3.63) is 76.3 Å². The van der Waals surface area contributed by atoms with Gasteiger partial charge in [-0.3, -0.25) is 13.9 Å². The molecule has 1 aliphatic rings. The summed E-state index contributed by atoms with van der Waals surface area (Å²) in [4.78, 5) is 28.9. The number of ether oxygens (including phenoxy) is 3. The van der Waals surface area contributed by atoms with Gasteiger partial charge in [-0.25, -0.2) is 8.42 Å². The Bertz CT molecular complexity index is 1630. The standard InChI is InChI=1S/C33H39Cl2N3O7S/c1-5-45-26-13-11-25(12-14-26)38(46(41,42)27-15-17-30(43-3)31(19-27)44-4)21-32(39)37(20-23-10-16-28(34)29(35)18-23)22(2)33(40)36-24-8-6-7-9-24/h10-19,22,24H,5-9,20-21H2,1-4H3,(H,36,40)/t22-/m0/s1. The Labute approximate surface area is 280 Å². The van der Waals surface area contributed by atoms with Crippen LogP contribution in [0.15, 0.2) is 65.6 Å². The molecule has 1 saturated carbocycles. The quantitative estimate of drug-likeness (QED) is 0.218. The molecule has 1 aliphatic carbocycles. The average molecular weight is 693 g/mol. The van der Waals surface area contributed by atoms with Gasteiger partial charge in [-0.05, 0) is 80.8 Å². The lowest BCUT2D eigenvalue weighted by Gasteiger charge is -2.32. The highest BCUT2D eigenvalue weighted by Crippen LogP contribution is 2.33. The molecule has 1 N–H and O–H groups in total. The molecule has 13 heteroatoms. The highest BCUT2D eigenvalue weighted by atomic mass is 35.5. The van der Waals surface area contributed by atoms with Gasteiger partial charge in [0.2, 0.25) is 11.8 Å². The first-order valence-corrected chi connectivity index (χ1v) is 17.2. The molecule has 1 fully saturated rings. The Morgan fingerprint density at radius 1 is 0.935 bits per heavy atom. The second-order valence-corrected chi connectivity index (χ2v) is 13.6. The summed E-state index contributed by atoms with van der Waals surface area (Å²) in [5, 5.41) is 3.69. The van der Waals surface area contributed by atoms with E-state index in [1.807, 2.05) is 6.92 Å². The maximum Gasteiger partial charge on any atom is 0.264 e. The van der Waals surface area contributed by atoms with Gasteiger partial charge in [0.1, 0.15) is 18.3 Å². The van der Waals surface area contributed by atoms with E-state index in [1.54, 1.807) is 49.4 Å². The lowest BCUT2D eigenvalue weighted by atomic mass is 10.1. The van der Waals surface area contributed by atoms with Crippen LogP contribution in [-0.2, 0) is 26.2 Å². The van der Waals surface area contributed by atoms with Gasteiger partial charge < -0.3 is 24.4 Å². The van der Waals surface area contributed by atoms with Crippen molar-refractivity contribution in [3.63, 3.8) is 0 Å². The first kappa shape index (κ1) is 35.2. The molecular weight excluding hydrogens is 653 g/mol. The minimum Gasteiger partial charge on any atom is -0.494 e. The Kier molecular flexibility index (Phi) is 12.0. The molecular formula is C33H39Cl2N3O7S. The van der Waals surface area contributed by atoms with Crippen molar-refractivity contribution in [1.29, 1.82) is 0 Å². The van der Waals surface area contributed by atoms with Crippen LogP contribution < -0.4 is 23.8 Å². The van der Waals surface area contributed by atoms with E-state index in [0.29, 0.717) is 33.7 Å². The second kappa shape index (κ2) is 15.8. The van der Waals surface area contributed by atoms with E-state index in [1.165, 1.54) is 37.3 Å². The predicted octanol–water partition coefficient (Wildman–Crippen LogP) is 6.08. The smallest absolute Gasteiger partial charge is 0.264 e. The number of hydrogen-bond acceptors (Lipinski definition) is 7. The summed E-state index contributed by atoms with van der Waals surface area (Å²) in [5.41, 5.74) is 0.850. The number of benzene rings is 3.